The molecule has 0 aromatic rings. The molecular formula is C8H19NaO6S2. The molecule has 0 spiro atoms. The Labute approximate surface area is 126 Å². The third-order valence-electron chi connectivity index (χ3n) is 2.20. The van der Waals surface area contributed by atoms with Gasteiger partial charge in [0.25, 0.3) is 20.2 Å². The molecule has 0 aliphatic rings. The van der Waals surface area contributed by atoms with Gasteiger partial charge < -0.3 is 1.43 Å². The van der Waals surface area contributed by atoms with Gasteiger partial charge in [0.1, 0.15) is 5.25 Å². The Balaban J connectivity index is -0.00000112. The van der Waals surface area contributed by atoms with Crippen molar-refractivity contribution in [2.45, 2.75) is 44.3 Å². The molecule has 0 aliphatic carbocycles. The fourth-order valence-corrected chi connectivity index (χ4v) is 3.66. The van der Waals surface area contributed by atoms with E-state index in [0.717, 1.165) is 19.3 Å². The van der Waals surface area contributed by atoms with Crippen LogP contribution in [0, 0.1) is 0 Å². The molecule has 0 heterocycles. The van der Waals surface area contributed by atoms with Crippen LogP contribution in [0.2, 0.25) is 0 Å². The van der Waals surface area contributed by atoms with Gasteiger partial charge in [0.05, 0.1) is 5.75 Å². The molecule has 9 heteroatoms. The van der Waals surface area contributed by atoms with Crippen LogP contribution in [0.1, 0.15) is 40.5 Å². The fraction of sp³-hybridized carbons (Fsp3) is 1.00. The molecule has 0 saturated carbocycles. The maximum atomic E-state index is 10.9. The topological polar surface area (TPSA) is 109 Å². The van der Waals surface area contributed by atoms with Crippen LogP contribution in [0.3, 0.4) is 0 Å². The van der Waals surface area contributed by atoms with Gasteiger partial charge in [-0.25, -0.2) is 0 Å². The summed E-state index contributed by atoms with van der Waals surface area (Å²) in [5.41, 5.74) is 0. The van der Waals surface area contributed by atoms with E-state index < -0.39 is 31.2 Å². The van der Waals surface area contributed by atoms with Crippen molar-refractivity contribution in [1.82, 2.24) is 0 Å². The molecule has 0 radical (unpaired) electrons. The van der Waals surface area contributed by atoms with E-state index in [0.29, 0.717) is 6.42 Å². The summed E-state index contributed by atoms with van der Waals surface area (Å²) in [6.07, 6.45) is 3.21. The zero-order valence-electron chi connectivity index (χ0n) is 11.2. The van der Waals surface area contributed by atoms with Crippen LogP contribution in [0.25, 0.3) is 0 Å². The van der Waals surface area contributed by atoms with Crippen LogP contribution in [0.4, 0.5) is 0 Å². The maximum Gasteiger partial charge on any atom is 1.00 e. The van der Waals surface area contributed by atoms with Crippen LogP contribution in [0.15, 0.2) is 0 Å². The average Bonchev–Trinajstić information content (AvgIpc) is 2.06. The van der Waals surface area contributed by atoms with Crippen LogP contribution in [-0.4, -0.2) is 36.9 Å². The second-order valence-electron chi connectivity index (χ2n) is 3.73. The van der Waals surface area contributed by atoms with Crippen LogP contribution >= 0.6 is 0 Å². The van der Waals surface area contributed by atoms with E-state index in [2.05, 4.69) is 0 Å². The molecule has 17 heavy (non-hydrogen) atoms. The van der Waals surface area contributed by atoms with Crippen molar-refractivity contribution >= 4 is 20.2 Å². The first-order valence-electron chi connectivity index (χ1n) is 5.08. The van der Waals surface area contributed by atoms with Gasteiger partial charge in [0.2, 0.25) is 0 Å². The smallest absolute Gasteiger partial charge is 1.00 e. The number of rotatable bonds is 8. The van der Waals surface area contributed by atoms with Crippen LogP contribution < -0.4 is 29.6 Å². The molecule has 1 unspecified atom stereocenters. The maximum absolute atomic E-state index is 10.9. The second kappa shape index (κ2) is 8.84. The van der Waals surface area contributed by atoms with Gasteiger partial charge >= 0.3 is 29.6 Å². The molecule has 100 valence electrons. The summed E-state index contributed by atoms with van der Waals surface area (Å²) < 4.78 is 60.2. The number of hydrogen-bond acceptors (Lipinski definition) is 4. The monoisotopic (exact) mass is 298 g/mol. The van der Waals surface area contributed by atoms with Crippen molar-refractivity contribution in [3.63, 3.8) is 0 Å². The Morgan fingerprint density at radius 3 is 1.94 bits per heavy atom. The average molecular weight is 298 g/mol. The van der Waals surface area contributed by atoms with Gasteiger partial charge in [0.15, 0.2) is 0 Å². The summed E-state index contributed by atoms with van der Waals surface area (Å²) in [5, 5.41) is -1.43. The molecular weight excluding hydrogens is 279 g/mol. The molecule has 6 nitrogen and oxygen atoms in total. The zero-order valence-corrected chi connectivity index (χ0v) is 13.8. The Morgan fingerprint density at radius 1 is 1.06 bits per heavy atom. The predicted octanol–water partition coefficient (Wildman–Crippen LogP) is -1.78. The summed E-state index contributed by atoms with van der Waals surface area (Å²) in [7, 11) is -8.81. The Hall–Kier alpha value is 0.820. The molecule has 2 N–H and O–H groups in total. The summed E-state index contributed by atoms with van der Waals surface area (Å²) in [6, 6.07) is 0. The van der Waals surface area contributed by atoms with E-state index >= 15 is 0 Å². The molecule has 0 saturated heterocycles. The van der Waals surface area contributed by atoms with Crippen molar-refractivity contribution in [3.05, 3.63) is 0 Å². The largest absolute Gasteiger partial charge is 1.00 e. The molecule has 0 bridgehead atoms. The van der Waals surface area contributed by atoms with Gasteiger partial charge in [-0.3, -0.25) is 9.11 Å². The molecule has 0 aliphatic heterocycles. The van der Waals surface area contributed by atoms with Crippen molar-refractivity contribution in [2.75, 3.05) is 5.75 Å². The summed E-state index contributed by atoms with van der Waals surface area (Å²) in [5.74, 6) is -0.946. The molecule has 0 fully saturated rings. The predicted molar refractivity (Wildman–Crippen MR) is 61.6 cm³/mol. The first-order chi connectivity index (χ1) is 7.17. The Morgan fingerprint density at radius 2 is 1.59 bits per heavy atom. The standard InChI is InChI=1S/C8H18O6S2.Na.H/c1-2-3-4-5-6-8(16(12,13)14)7-15(9,10)11;;/h8H,2-7H2,1H3,(H,9,10,11)(H,12,13,14);;/q;+1;-1. The number of hydrogen-bond donors (Lipinski definition) is 2. The van der Waals surface area contributed by atoms with E-state index in [1.807, 2.05) is 6.92 Å². The third kappa shape index (κ3) is 11.6. The summed E-state index contributed by atoms with van der Waals surface area (Å²) in [6.45, 7) is 1.98. The van der Waals surface area contributed by atoms with Gasteiger partial charge in [-0.1, -0.05) is 32.6 Å². The van der Waals surface area contributed by atoms with Crippen molar-refractivity contribution in [3.8, 4) is 0 Å². The minimum absolute atomic E-state index is 0. The van der Waals surface area contributed by atoms with E-state index in [1.54, 1.807) is 0 Å². The van der Waals surface area contributed by atoms with Gasteiger partial charge in [-0.2, -0.15) is 16.8 Å². The van der Waals surface area contributed by atoms with Crippen molar-refractivity contribution < 1.29 is 56.9 Å². The van der Waals surface area contributed by atoms with E-state index in [1.165, 1.54) is 0 Å². The third-order valence-corrected chi connectivity index (χ3v) is 4.48. The van der Waals surface area contributed by atoms with E-state index in [9.17, 15) is 16.8 Å². The van der Waals surface area contributed by atoms with Crippen molar-refractivity contribution in [1.29, 1.82) is 0 Å². The first-order valence-corrected chi connectivity index (χ1v) is 8.19. The van der Waals surface area contributed by atoms with Crippen molar-refractivity contribution in [2.24, 2.45) is 0 Å². The Kier molecular flexibility index (Phi) is 10.5. The fourth-order valence-electron chi connectivity index (χ4n) is 1.35. The van der Waals surface area contributed by atoms with Gasteiger partial charge in [-0.05, 0) is 6.42 Å². The van der Waals surface area contributed by atoms with Crippen LogP contribution in [-0.2, 0) is 20.2 Å². The normalized spacial score (nSPS) is 14.1. The Bertz CT molecular complexity index is 394. The molecule has 0 rings (SSSR count). The number of unbranched alkanes of at least 4 members (excludes halogenated alkanes) is 3. The molecule has 1 atom stereocenters. The SMILES string of the molecule is CCCCCCC(CS(=O)(=O)O)S(=O)(=O)O.[H-].[Na+]. The van der Waals surface area contributed by atoms with E-state index in [-0.39, 0.29) is 37.4 Å². The molecule has 0 amide bonds. The first kappa shape index (κ1) is 20.1. The molecule has 0 aromatic heterocycles. The molecule has 0 aromatic carbocycles. The minimum atomic E-state index is -4.42. The zero-order chi connectivity index (χ0) is 12.8. The van der Waals surface area contributed by atoms with E-state index in [4.69, 9.17) is 9.11 Å². The quantitative estimate of drug-likeness (QED) is 0.311. The second-order valence-corrected chi connectivity index (χ2v) is 6.93. The van der Waals surface area contributed by atoms with Gasteiger partial charge in [-0.15, -0.1) is 0 Å². The van der Waals surface area contributed by atoms with Gasteiger partial charge in [0, 0.05) is 0 Å². The minimum Gasteiger partial charge on any atom is -1.00 e. The summed E-state index contributed by atoms with van der Waals surface area (Å²) in [4.78, 5) is 0. The van der Waals surface area contributed by atoms with Crippen LogP contribution in [0.5, 0.6) is 0 Å². The summed E-state index contributed by atoms with van der Waals surface area (Å²) >= 11 is 0.